The normalized spacial score (nSPS) is 14.9. The van der Waals surface area contributed by atoms with Gasteiger partial charge in [-0.2, -0.15) is 0 Å². The molecule has 0 saturated carbocycles. The molecule has 0 saturated heterocycles. The third-order valence-corrected chi connectivity index (χ3v) is 4.26. The maximum atomic E-state index is 14.6. The number of carbonyl (C=O) groups is 1. The second kappa shape index (κ2) is 7.29. The Bertz CT molecular complexity index is 813. The molecule has 132 valence electrons. The van der Waals surface area contributed by atoms with Crippen LogP contribution < -0.4 is 20.1 Å². The molecule has 7 heteroatoms. The van der Waals surface area contributed by atoms with E-state index in [1.165, 1.54) is 0 Å². The zero-order valence-electron chi connectivity index (χ0n) is 13.4. The Morgan fingerprint density at radius 3 is 2.76 bits per heavy atom. The Kier molecular flexibility index (Phi) is 5.11. The summed E-state index contributed by atoms with van der Waals surface area (Å²) in [5.41, 5.74) is 2.22. The molecule has 0 unspecified atom stereocenters. The zero-order chi connectivity index (χ0) is 16.5. The maximum absolute atomic E-state index is 14.6. The van der Waals surface area contributed by atoms with Crippen LogP contribution in [0.5, 0.6) is 11.5 Å². The maximum Gasteiger partial charge on any atom is 0.255 e. The van der Waals surface area contributed by atoms with Crippen LogP contribution in [0.25, 0.3) is 0 Å². The van der Waals surface area contributed by atoms with Gasteiger partial charge in [0.2, 0.25) is 0 Å². The summed E-state index contributed by atoms with van der Waals surface area (Å²) in [6.07, 6.45) is 0.620. The van der Waals surface area contributed by atoms with Crippen LogP contribution in [0.4, 0.5) is 10.1 Å². The highest BCUT2D eigenvalue weighted by Gasteiger charge is 2.19. The lowest BCUT2D eigenvalue weighted by molar-refractivity contribution is 0.102. The molecule has 0 radical (unpaired) electrons. The molecule has 2 aromatic carbocycles. The molecule has 2 aliphatic heterocycles. The Morgan fingerprint density at radius 2 is 1.92 bits per heavy atom. The van der Waals surface area contributed by atoms with Gasteiger partial charge in [0.05, 0.1) is 5.69 Å². The SMILES string of the molecule is Cl.O=C(Nc1ccc2c(c1F)CCNC2)c1ccc2c(c1)OCCO2. The number of halogens is 2. The lowest BCUT2D eigenvalue weighted by Crippen LogP contribution is -2.25. The van der Waals surface area contributed by atoms with Gasteiger partial charge in [-0.1, -0.05) is 6.07 Å². The molecule has 0 fully saturated rings. The Labute approximate surface area is 150 Å². The Hall–Kier alpha value is -2.31. The predicted molar refractivity (Wildman–Crippen MR) is 94.4 cm³/mol. The predicted octanol–water partition coefficient (Wildman–Crippen LogP) is 2.92. The number of rotatable bonds is 2. The van der Waals surface area contributed by atoms with E-state index in [9.17, 15) is 9.18 Å². The lowest BCUT2D eigenvalue weighted by Gasteiger charge is -2.20. The fourth-order valence-electron chi connectivity index (χ4n) is 3.01. The van der Waals surface area contributed by atoms with Crippen LogP contribution in [0.3, 0.4) is 0 Å². The van der Waals surface area contributed by atoms with Crippen LogP contribution in [-0.2, 0) is 13.0 Å². The number of fused-ring (bicyclic) bond motifs is 2. The van der Waals surface area contributed by atoms with Crippen molar-refractivity contribution in [2.75, 3.05) is 25.1 Å². The second-order valence-corrected chi connectivity index (χ2v) is 5.80. The fraction of sp³-hybridized carbons (Fsp3) is 0.278. The van der Waals surface area contributed by atoms with E-state index in [-0.39, 0.29) is 29.8 Å². The number of hydrogen-bond donors (Lipinski definition) is 2. The molecule has 0 aromatic heterocycles. The van der Waals surface area contributed by atoms with Crippen LogP contribution in [-0.4, -0.2) is 25.7 Å². The van der Waals surface area contributed by atoms with Crippen molar-refractivity contribution in [2.45, 2.75) is 13.0 Å². The number of anilines is 1. The summed E-state index contributed by atoms with van der Waals surface area (Å²) in [5, 5.41) is 5.86. The topological polar surface area (TPSA) is 59.6 Å². The molecule has 0 spiro atoms. The number of hydrogen-bond acceptors (Lipinski definition) is 4. The lowest BCUT2D eigenvalue weighted by atomic mass is 9.99. The first-order chi connectivity index (χ1) is 11.7. The number of benzene rings is 2. The van der Waals surface area contributed by atoms with Crippen LogP contribution in [0.15, 0.2) is 30.3 Å². The van der Waals surface area contributed by atoms with Crippen molar-refractivity contribution in [1.82, 2.24) is 5.32 Å². The third kappa shape index (κ3) is 3.41. The summed E-state index contributed by atoms with van der Waals surface area (Å²) in [5.74, 6) is 0.427. The van der Waals surface area contributed by atoms with Gasteiger partial charge in [0.15, 0.2) is 11.5 Å². The Balaban J connectivity index is 0.00000182. The van der Waals surface area contributed by atoms with E-state index in [2.05, 4.69) is 10.6 Å². The first-order valence-electron chi connectivity index (χ1n) is 7.94. The summed E-state index contributed by atoms with van der Waals surface area (Å²) < 4.78 is 25.5. The standard InChI is InChI=1S/C18H17FN2O3.ClH/c19-17-13-5-6-20-10-12(13)1-3-14(17)21-18(22)11-2-4-15-16(9-11)24-8-7-23-15;/h1-4,9,20H,5-8,10H2,(H,21,22);1H. The molecule has 25 heavy (non-hydrogen) atoms. The van der Waals surface area contributed by atoms with Gasteiger partial charge in [-0.15, -0.1) is 12.4 Å². The van der Waals surface area contributed by atoms with E-state index in [0.717, 1.165) is 12.1 Å². The molecule has 2 aliphatic rings. The fourth-order valence-corrected chi connectivity index (χ4v) is 3.01. The molecule has 5 nitrogen and oxygen atoms in total. The van der Waals surface area contributed by atoms with E-state index in [1.807, 2.05) is 6.07 Å². The van der Waals surface area contributed by atoms with E-state index in [4.69, 9.17) is 9.47 Å². The number of carbonyl (C=O) groups excluding carboxylic acids is 1. The van der Waals surface area contributed by atoms with Crippen LogP contribution in [0.2, 0.25) is 0 Å². The number of amides is 1. The van der Waals surface area contributed by atoms with Gasteiger partial charge in [-0.25, -0.2) is 4.39 Å². The highest BCUT2D eigenvalue weighted by molar-refractivity contribution is 6.04. The molecule has 4 rings (SSSR count). The molecule has 0 atom stereocenters. The summed E-state index contributed by atoms with van der Waals surface area (Å²) in [6, 6.07) is 8.41. The highest BCUT2D eigenvalue weighted by atomic mass is 35.5. The van der Waals surface area contributed by atoms with E-state index in [1.54, 1.807) is 24.3 Å². The first-order valence-corrected chi connectivity index (χ1v) is 7.94. The van der Waals surface area contributed by atoms with Crippen LogP contribution in [0, 0.1) is 5.82 Å². The van der Waals surface area contributed by atoms with Crippen molar-refractivity contribution >= 4 is 24.0 Å². The van der Waals surface area contributed by atoms with Gasteiger partial charge in [-0.3, -0.25) is 4.79 Å². The quantitative estimate of drug-likeness (QED) is 0.860. The molecule has 2 aromatic rings. The molecule has 2 N–H and O–H groups in total. The molecular formula is C18H18ClFN2O3. The monoisotopic (exact) mass is 364 g/mol. The van der Waals surface area contributed by atoms with Gasteiger partial charge in [-0.05, 0) is 48.4 Å². The van der Waals surface area contributed by atoms with Gasteiger partial charge in [0.25, 0.3) is 5.91 Å². The van der Waals surface area contributed by atoms with Crippen molar-refractivity contribution in [3.05, 3.63) is 52.8 Å². The van der Waals surface area contributed by atoms with E-state index < -0.39 is 0 Å². The average molecular weight is 365 g/mol. The Morgan fingerprint density at radius 1 is 1.12 bits per heavy atom. The highest BCUT2D eigenvalue weighted by Crippen LogP contribution is 2.31. The molecule has 1 amide bonds. The van der Waals surface area contributed by atoms with Crippen LogP contribution in [0.1, 0.15) is 21.5 Å². The van der Waals surface area contributed by atoms with Gasteiger partial charge in [0.1, 0.15) is 19.0 Å². The molecule has 2 heterocycles. The zero-order valence-corrected chi connectivity index (χ0v) is 14.2. The second-order valence-electron chi connectivity index (χ2n) is 5.80. The smallest absolute Gasteiger partial charge is 0.255 e. The largest absolute Gasteiger partial charge is 0.486 e. The van der Waals surface area contributed by atoms with Crippen molar-refractivity contribution in [3.63, 3.8) is 0 Å². The van der Waals surface area contributed by atoms with Gasteiger partial charge in [0, 0.05) is 12.1 Å². The molecule has 0 aliphatic carbocycles. The van der Waals surface area contributed by atoms with Crippen LogP contribution >= 0.6 is 12.4 Å². The summed E-state index contributed by atoms with van der Waals surface area (Å²) >= 11 is 0. The van der Waals surface area contributed by atoms with Gasteiger partial charge >= 0.3 is 0 Å². The third-order valence-electron chi connectivity index (χ3n) is 4.26. The number of nitrogens with one attached hydrogen (secondary N) is 2. The minimum absolute atomic E-state index is 0. The number of ether oxygens (including phenoxy) is 2. The molecular weight excluding hydrogens is 347 g/mol. The molecule has 0 bridgehead atoms. The minimum Gasteiger partial charge on any atom is -0.486 e. The van der Waals surface area contributed by atoms with E-state index >= 15 is 0 Å². The van der Waals surface area contributed by atoms with Crippen molar-refractivity contribution in [1.29, 1.82) is 0 Å². The summed E-state index contributed by atoms with van der Waals surface area (Å²) in [4.78, 5) is 12.4. The summed E-state index contributed by atoms with van der Waals surface area (Å²) in [6.45, 7) is 2.34. The first kappa shape index (κ1) is 17.5. The minimum atomic E-state index is -0.375. The van der Waals surface area contributed by atoms with Crippen molar-refractivity contribution in [3.8, 4) is 11.5 Å². The van der Waals surface area contributed by atoms with Crippen molar-refractivity contribution in [2.24, 2.45) is 0 Å². The van der Waals surface area contributed by atoms with E-state index in [0.29, 0.717) is 48.8 Å². The van der Waals surface area contributed by atoms with Gasteiger partial charge < -0.3 is 20.1 Å². The summed E-state index contributed by atoms with van der Waals surface area (Å²) in [7, 11) is 0. The average Bonchev–Trinajstić information content (AvgIpc) is 2.64. The van der Waals surface area contributed by atoms with Crippen molar-refractivity contribution < 1.29 is 18.7 Å².